The first-order valence-electron chi connectivity index (χ1n) is 7.86. The van der Waals surface area contributed by atoms with E-state index in [1.54, 1.807) is 19.2 Å². The van der Waals surface area contributed by atoms with Crippen LogP contribution in [0.3, 0.4) is 0 Å². The second kappa shape index (κ2) is 8.62. The largest absolute Gasteiger partial charge is 0.493 e. The lowest BCUT2D eigenvalue weighted by atomic mass is 10.0. The number of carbonyl (C=O) groups excluding carboxylic acids is 1. The van der Waals surface area contributed by atoms with Crippen molar-refractivity contribution in [2.45, 2.75) is 19.3 Å². The molecule has 128 valence electrons. The van der Waals surface area contributed by atoms with Gasteiger partial charge < -0.3 is 24.3 Å². The molecule has 1 saturated heterocycles. The number of ether oxygens (including phenoxy) is 4. The molecular formula is C17H25NO5. The molecule has 0 spiro atoms. The van der Waals surface area contributed by atoms with E-state index in [1.165, 1.54) is 14.2 Å². The van der Waals surface area contributed by atoms with E-state index in [-0.39, 0.29) is 5.91 Å². The zero-order valence-electron chi connectivity index (χ0n) is 14.0. The van der Waals surface area contributed by atoms with Gasteiger partial charge in [-0.3, -0.25) is 4.79 Å². The van der Waals surface area contributed by atoms with E-state index in [1.807, 2.05) is 0 Å². The van der Waals surface area contributed by atoms with Crippen molar-refractivity contribution in [1.82, 2.24) is 5.32 Å². The number of nitrogens with one attached hydrogen (secondary N) is 1. The summed E-state index contributed by atoms with van der Waals surface area (Å²) in [6.07, 6.45) is 3.14. The van der Waals surface area contributed by atoms with Crippen LogP contribution in [-0.4, -0.2) is 47.0 Å². The first-order chi connectivity index (χ1) is 11.2. The highest BCUT2D eigenvalue weighted by molar-refractivity contribution is 5.98. The van der Waals surface area contributed by atoms with Gasteiger partial charge in [0.25, 0.3) is 5.91 Å². The zero-order valence-corrected chi connectivity index (χ0v) is 14.0. The summed E-state index contributed by atoms with van der Waals surface area (Å²) in [7, 11) is 4.57. The van der Waals surface area contributed by atoms with Crippen molar-refractivity contribution in [3.8, 4) is 17.2 Å². The number of benzene rings is 1. The molecule has 6 nitrogen and oxygen atoms in total. The lowest BCUT2D eigenvalue weighted by Crippen LogP contribution is -2.25. The molecule has 0 radical (unpaired) electrons. The number of hydrogen-bond donors (Lipinski definition) is 1. The Morgan fingerprint density at radius 1 is 1.22 bits per heavy atom. The molecule has 6 heteroatoms. The number of methoxy groups -OCH3 is 3. The molecule has 1 aromatic rings. The highest BCUT2D eigenvalue weighted by Gasteiger charge is 2.20. The Morgan fingerprint density at radius 2 is 2.00 bits per heavy atom. The Kier molecular flexibility index (Phi) is 6.52. The molecule has 0 unspecified atom stereocenters. The molecule has 1 aliphatic rings. The van der Waals surface area contributed by atoms with Crippen molar-refractivity contribution in [2.24, 2.45) is 5.92 Å². The summed E-state index contributed by atoms with van der Waals surface area (Å²) < 4.78 is 21.2. The Bertz CT molecular complexity index is 526. The summed E-state index contributed by atoms with van der Waals surface area (Å²) in [6, 6.07) is 3.38. The summed E-state index contributed by atoms with van der Waals surface area (Å²) in [5, 5.41) is 2.93. The highest BCUT2D eigenvalue weighted by atomic mass is 16.5. The SMILES string of the molecule is COc1ccc(C(=O)NCCC[C@H]2CCOC2)c(OC)c1OC. The molecule has 0 saturated carbocycles. The van der Waals surface area contributed by atoms with Gasteiger partial charge in [-0.25, -0.2) is 0 Å². The first kappa shape index (κ1) is 17.4. The third kappa shape index (κ3) is 4.28. The van der Waals surface area contributed by atoms with E-state index in [0.717, 1.165) is 32.5 Å². The van der Waals surface area contributed by atoms with Gasteiger partial charge in [0.15, 0.2) is 11.5 Å². The maximum absolute atomic E-state index is 12.4. The Hall–Kier alpha value is -1.95. The predicted octanol–water partition coefficient (Wildman–Crippen LogP) is 2.26. The maximum Gasteiger partial charge on any atom is 0.255 e. The lowest BCUT2D eigenvalue weighted by Gasteiger charge is -2.15. The van der Waals surface area contributed by atoms with Crippen LogP contribution in [0, 0.1) is 5.92 Å². The molecule has 1 atom stereocenters. The van der Waals surface area contributed by atoms with Crippen molar-refractivity contribution >= 4 is 5.91 Å². The van der Waals surface area contributed by atoms with Gasteiger partial charge in [0.05, 0.1) is 26.9 Å². The lowest BCUT2D eigenvalue weighted by molar-refractivity contribution is 0.0948. The fourth-order valence-corrected chi connectivity index (χ4v) is 2.78. The second-order valence-corrected chi connectivity index (χ2v) is 5.51. The van der Waals surface area contributed by atoms with Crippen LogP contribution in [0.5, 0.6) is 17.2 Å². The predicted molar refractivity (Wildman–Crippen MR) is 86.6 cm³/mol. The minimum Gasteiger partial charge on any atom is -0.493 e. The van der Waals surface area contributed by atoms with Crippen LogP contribution < -0.4 is 19.5 Å². The molecular weight excluding hydrogens is 298 g/mol. The van der Waals surface area contributed by atoms with E-state index in [2.05, 4.69) is 5.32 Å². The van der Waals surface area contributed by atoms with Crippen LogP contribution in [0.15, 0.2) is 12.1 Å². The van der Waals surface area contributed by atoms with E-state index in [9.17, 15) is 4.79 Å². The van der Waals surface area contributed by atoms with Crippen LogP contribution in [0.25, 0.3) is 0 Å². The Morgan fingerprint density at radius 3 is 2.61 bits per heavy atom. The number of rotatable bonds is 8. The molecule has 0 bridgehead atoms. The van der Waals surface area contributed by atoms with Crippen LogP contribution in [0.4, 0.5) is 0 Å². The summed E-state index contributed by atoms with van der Waals surface area (Å²) >= 11 is 0. The molecule has 1 heterocycles. The van der Waals surface area contributed by atoms with Gasteiger partial charge in [-0.1, -0.05) is 0 Å². The minimum absolute atomic E-state index is 0.175. The molecule has 2 rings (SSSR count). The molecule has 1 amide bonds. The van der Waals surface area contributed by atoms with Gasteiger partial charge in [-0.15, -0.1) is 0 Å². The van der Waals surface area contributed by atoms with Crippen molar-refractivity contribution < 1.29 is 23.7 Å². The number of hydrogen-bond acceptors (Lipinski definition) is 5. The van der Waals surface area contributed by atoms with E-state index in [4.69, 9.17) is 18.9 Å². The van der Waals surface area contributed by atoms with Gasteiger partial charge >= 0.3 is 0 Å². The van der Waals surface area contributed by atoms with Crippen LogP contribution in [0.2, 0.25) is 0 Å². The Labute approximate surface area is 137 Å². The smallest absolute Gasteiger partial charge is 0.255 e. The third-order valence-corrected chi connectivity index (χ3v) is 4.05. The topological polar surface area (TPSA) is 66.0 Å². The van der Waals surface area contributed by atoms with Crippen molar-refractivity contribution in [3.05, 3.63) is 17.7 Å². The fraction of sp³-hybridized carbons (Fsp3) is 0.588. The van der Waals surface area contributed by atoms with Crippen molar-refractivity contribution in [2.75, 3.05) is 41.1 Å². The average Bonchev–Trinajstić information content (AvgIpc) is 3.10. The zero-order chi connectivity index (χ0) is 16.7. The van der Waals surface area contributed by atoms with Crippen molar-refractivity contribution in [3.63, 3.8) is 0 Å². The molecule has 1 N–H and O–H groups in total. The van der Waals surface area contributed by atoms with E-state index in [0.29, 0.717) is 35.3 Å². The number of carbonyl (C=O) groups is 1. The summed E-state index contributed by atoms with van der Waals surface area (Å²) in [5.74, 6) is 1.79. The monoisotopic (exact) mass is 323 g/mol. The average molecular weight is 323 g/mol. The molecule has 0 aliphatic carbocycles. The van der Waals surface area contributed by atoms with Gasteiger partial charge in [-0.05, 0) is 37.3 Å². The molecule has 23 heavy (non-hydrogen) atoms. The minimum atomic E-state index is -0.175. The van der Waals surface area contributed by atoms with E-state index < -0.39 is 0 Å². The van der Waals surface area contributed by atoms with Crippen LogP contribution >= 0.6 is 0 Å². The Balaban J connectivity index is 1.95. The quantitative estimate of drug-likeness (QED) is 0.743. The van der Waals surface area contributed by atoms with Gasteiger partial charge in [-0.2, -0.15) is 0 Å². The molecule has 1 aromatic carbocycles. The third-order valence-electron chi connectivity index (χ3n) is 4.05. The number of amides is 1. The van der Waals surface area contributed by atoms with Gasteiger partial charge in [0.2, 0.25) is 5.75 Å². The summed E-state index contributed by atoms with van der Waals surface area (Å²) in [5.41, 5.74) is 0.439. The summed E-state index contributed by atoms with van der Waals surface area (Å²) in [6.45, 7) is 2.34. The molecule has 1 aliphatic heterocycles. The standard InChI is InChI=1S/C17H25NO5/c1-20-14-7-6-13(15(21-2)16(14)22-3)17(19)18-9-4-5-12-8-10-23-11-12/h6-7,12H,4-5,8-11H2,1-3H3,(H,18,19)/t12-/m0/s1. The normalized spacial score (nSPS) is 16.9. The fourth-order valence-electron chi connectivity index (χ4n) is 2.78. The highest BCUT2D eigenvalue weighted by Crippen LogP contribution is 2.39. The first-order valence-corrected chi connectivity index (χ1v) is 7.86. The van der Waals surface area contributed by atoms with Crippen molar-refractivity contribution in [1.29, 1.82) is 0 Å². The van der Waals surface area contributed by atoms with Crippen LogP contribution in [-0.2, 0) is 4.74 Å². The maximum atomic E-state index is 12.4. The van der Waals surface area contributed by atoms with Gasteiger partial charge in [0.1, 0.15) is 0 Å². The molecule has 1 fully saturated rings. The second-order valence-electron chi connectivity index (χ2n) is 5.51. The molecule has 0 aromatic heterocycles. The van der Waals surface area contributed by atoms with E-state index >= 15 is 0 Å². The summed E-state index contributed by atoms with van der Waals surface area (Å²) in [4.78, 5) is 12.4. The van der Waals surface area contributed by atoms with Gasteiger partial charge in [0, 0.05) is 19.8 Å². The van der Waals surface area contributed by atoms with Crippen LogP contribution in [0.1, 0.15) is 29.6 Å².